The number of allylic oxidation sites excluding steroid dienone is 2. The van der Waals surface area contributed by atoms with Crippen molar-refractivity contribution in [3.63, 3.8) is 0 Å². The lowest BCUT2D eigenvalue weighted by atomic mass is 9.92. The molecule has 3 unspecified atom stereocenters. The molecule has 1 saturated heterocycles. The highest BCUT2D eigenvalue weighted by Gasteiger charge is 2.34. The van der Waals surface area contributed by atoms with E-state index in [9.17, 15) is 9.90 Å². The fourth-order valence-electron chi connectivity index (χ4n) is 2.61. The third-order valence-electron chi connectivity index (χ3n) is 3.81. The molecule has 2 rings (SSSR count). The van der Waals surface area contributed by atoms with E-state index in [4.69, 9.17) is 10.5 Å². The van der Waals surface area contributed by atoms with Crippen molar-refractivity contribution in [3.05, 3.63) is 22.3 Å². The molecule has 4 N–H and O–H groups in total. The molecule has 0 aromatic carbocycles. The normalized spacial score (nSPS) is 31.1. The molecule has 2 aliphatic heterocycles. The molecule has 0 aromatic heterocycles. The second-order valence-electron chi connectivity index (χ2n) is 5.08. The van der Waals surface area contributed by atoms with Gasteiger partial charge in [-0.15, -0.1) is 0 Å². The van der Waals surface area contributed by atoms with Crippen LogP contribution in [0, 0.1) is 5.92 Å². The van der Waals surface area contributed by atoms with Crippen molar-refractivity contribution in [1.82, 2.24) is 10.2 Å². The summed E-state index contributed by atoms with van der Waals surface area (Å²) in [5.74, 6) is -0.332. The summed E-state index contributed by atoms with van der Waals surface area (Å²) in [6.45, 7) is 1.48. The van der Waals surface area contributed by atoms with Gasteiger partial charge >= 0.3 is 5.97 Å². The maximum Gasteiger partial charge on any atom is 0.337 e. The summed E-state index contributed by atoms with van der Waals surface area (Å²) in [6, 6.07) is 0.00711. The average Bonchev–Trinajstić information content (AvgIpc) is 2.47. The summed E-state index contributed by atoms with van der Waals surface area (Å²) in [7, 11) is 1.37. The minimum Gasteiger partial charge on any atom is -0.466 e. The zero-order valence-electron chi connectivity index (χ0n) is 11.4. The van der Waals surface area contributed by atoms with Crippen molar-refractivity contribution in [3.8, 4) is 0 Å². The van der Waals surface area contributed by atoms with Crippen molar-refractivity contribution in [2.45, 2.75) is 18.6 Å². The third-order valence-corrected chi connectivity index (χ3v) is 4.27. The van der Waals surface area contributed by atoms with Gasteiger partial charge in [0.2, 0.25) is 0 Å². The van der Waals surface area contributed by atoms with E-state index < -0.39 is 0 Å². The van der Waals surface area contributed by atoms with Gasteiger partial charge in [0, 0.05) is 42.3 Å². The molecular formula is C13H20BrN3O3. The summed E-state index contributed by atoms with van der Waals surface area (Å²) in [5.41, 5.74) is 6.54. The Hall–Kier alpha value is -0.890. The summed E-state index contributed by atoms with van der Waals surface area (Å²) in [6.07, 6.45) is 4.11. The van der Waals surface area contributed by atoms with Crippen LogP contribution in [0.15, 0.2) is 22.3 Å². The van der Waals surface area contributed by atoms with Crippen LogP contribution in [0.2, 0.25) is 0 Å². The van der Waals surface area contributed by atoms with E-state index in [1.165, 1.54) is 7.11 Å². The summed E-state index contributed by atoms with van der Waals surface area (Å²) in [5, 5.41) is 12.6. The Morgan fingerprint density at radius 1 is 1.70 bits per heavy atom. The molecule has 2 aliphatic rings. The van der Waals surface area contributed by atoms with Crippen molar-refractivity contribution < 1.29 is 14.6 Å². The number of dihydropyridines is 1. The number of nitrogens with one attached hydrogen (secondary N) is 1. The fourth-order valence-corrected chi connectivity index (χ4v) is 2.99. The lowest BCUT2D eigenvalue weighted by molar-refractivity contribution is -0.137. The predicted molar refractivity (Wildman–Crippen MR) is 78.8 cm³/mol. The second kappa shape index (κ2) is 6.71. The van der Waals surface area contributed by atoms with Crippen LogP contribution >= 0.6 is 15.9 Å². The van der Waals surface area contributed by atoms with Crippen LogP contribution in [0.5, 0.6) is 0 Å². The van der Waals surface area contributed by atoms with E-state index >= 15 is 0 Å². The summed E-state index contributed by atoms with van der Waals surface area (Å²) >= 11 is 3.35. The van der Waals surface area contributed by atoms with E-state index in [-0.39, 0.29) is 30.7 Å². The van der Waals surface area contributed by atoms with Crippen molar-refractivity contribution in [2.24, 2.45) is 11.7 Å². The lowest BCUT2D eigenvalue weighted by Gasteiger charge is -2.41. The van der Waals surface area contributed by atoms with Gasteiger partial charge in [-0.1, -0.05) is 0 Å². The molecule has 0 saturated carbocycles. The number of likely N-dealkylation sites (tertiary alicyclic amines) is 1. The molecule has 0 spiro atoms. The molecule has 2 heterocycles. The van der Waals surface area contributed by atoms with Crippen LogP contribution in [0.3, 0.4) is 0 Å². The van der Waals surface area contributed by atoms with E-state index in [0.717, 1.165) is 17.4 Å². The average molecular weight is 346 g/mol. The van der Waals surface area contributed by atoms with Crippen LogP contribution in [0.4, 0.5) is 0 Å². The number of nitrogens with zero attached hydrogens (tertiary/aromatic N) is 1. The van der Waals surface area contributed by atoms with Crippen molar-refractivity contribution in [1.29, 1.82) is 0 Å². The number of halogens is 1. The second-order valence-corrected chi connectivity index (χ2v) is 6.00. The third kappa shape index (κ3) is 3.22. The number of ether oxygens (including phenoxy) is 1. The standard InChI is InChI=1S/C13H20BrN3O3/c1-20-13(19)10-4-9(14)5-16-12(10)17-3-2-11(15)8(6-17)7-18/h4-5,8,11-12,16,18H,2-3,6-7,15H2,1H3. The predicted octanol–water partition coefficient (Wildman–Crippen LogP) is -0.107. The van der Waals surface area contributed by atoms with Gasteiger partial charge in [-0.3, -0.25) is 4.90 Å². The molecule has 0 amide bonds. The van der Waals surface area contributed by atoms with E-state index in [0.29, 0.717) is 12.1 Å². The largest absolute Gasteiger partial charge is 0.466 e. The molecule has 0 aromatic rings. The quantitative estimate of drug-likeness (QED) is 0.619. The van der Waals surface area contributed by atoms with Gasteiger partial charge in [0.25, 0.3) is 0 Å². The first-order valence-corrected chi connectivity index (χ1v) is 7.38. The Morgan fingerprint density at radius 2 is 2.45 bits per heavy atom. The molecule has 3 atom stereocenters. The number of carbonyl (C=O) groups is 1. The number of hydrogen-bond acceptors (Lipinski definition) is 6. The van der Waals surface area contributed by atoms with Crippen molar-refractivity contribution in [2.75, 3.05) is 26.8 Å². The SMILES string of the molecule is COC(=O)C1=CC(Br)=CNC1N1CCC(N)C(CO)C1. The minimum absolute atomic E-state index is 0.00711. The molecular weight excluding hydrogens is 326 g/mol. The Bertz CT molecular complexity index is 439. The number of esters is 1. The first-order chi connectivity index (χ1) is 9.56. The maximum atomic E-state index is 11.9. The van der Waals surface area contributed by atoms with Gasteiger partial charge in [0.05, 0.1) is 12.7 Å². The highest BCUT2D eigenvalue weighted by atomic mass is 79.9. The molecule has 112 valence electrons. The van der Waals surface area contributed by atoms with Gasteiger partial charge < -0.3 is 20.9 Å². The number of aliphatic hydroxyl groups excluding tert-OH is 1. The van der Waals surface area contributed by atoms with Gasteiger partial charge in [-0.05, 0) is 28.4 Å². The first-order valence-electron chi connectivity index (χ1n) is 6.59. The number of aliphatic hydroxyl groups is 1. The number of carbonyl (C=O) groups excluding carboxylic acids is 1. The zero-order valence-corrected chi connectivity index (χ0v) is 13.0. The molecule has 6 nitrogen and oxygen atoms in total. The Kier molecular flexibility index (Phi) is 5.20. The summed E-state index contributed by atoms with van der Waals surface area (Å²) in [4.78, 5) is 14.0. The van der Waals surface area contributed by atoms with Crippen LogP contribution in [-0.2, 0) is 9.53 Å². The molecule has 20 heavy (non-hydrogen) atoms. The number of methoxy groups -OCH3 is 1. The number of piperidine rings is 1. The molecule has 0 bridgehead atoms. The topological polar surface area (TPSA) is 87.8 Å². The first kappa shape index (κ1) is 15.5. The number of rotatable bonds is 3. The van der Waals surface area contributed by atoms with Gasteiger partial charge in [0.1, 0.15) is 6.17 Å². The molecule has 7 heteroatoms. The lowest BCUT2D eigenvalue weighted by Crippen LogP contribution is -2.56. The van der Waals surface area contributed by atoms with Crippen molar-refractivity contribution >= 4 is 21.9 Å². The smallest absolute Gasteiger partial charge is 0.337 e. The highest BCUT2D eigenvalue weighted by molar-refractivity contribution is 9.11. The van der Waals surface area contributed by atoms with E-state index in [1.807, 2.05) is 0 Å². The van der Waals surface area contributed by atoms with Crippen LogP contribution < -0.4 is 11.1 Å². The van der Waals surface area contributed by atoms with Gasteiger partial charge in [-0.2, -0.15) is 0 Å². The zero-order chi connectivity index (χ0) is 14.7. The Balaban J connectivity index is 2.15. The Labute approximate surface area is 126 Å². The van der Waals surface area contributed by atoms with E-state index in [1.54, 1.807) is 12.3 Å². The van der Waals surface area contributed by atoms with Crippen LogP contribution in [-0.4, -0.2) is 55.0 Å². The monoisotopic (exact) mass is 345 g/mol. The minimum atomic E-state index is -0.358. The Morgan fingerprint density at radius 3 is 3.10 bits per heavy atom. The van der Waals surface area contributed by atoms with Gasteiger partial charge in [-0.25, -0.2) is 4.79 Å². The van der Waals surface area contributed by atoms with Gasteiger partial charge in [0.15, 0.2) is 0 Å². The molecule has 0 aliphatic carbocycles. The van der Waals surface area contributed by atoms with Crippen LogP contribution in [0.25, 0.3) is 0 Å². The summed E-state index contributed by atoms with van der Waals surface area (Å²) < 4.78 is 5.63. The fraction of sp³-hybridized carbons (Fsp3) is 0.615. The number of nitrogens with two attached hydrogens (primary N) is 1. The molecule has 0 radical (unpaired) electrons. The van der Waals surface area contributed by atoms with Crippen LogP contribution in [0.1, 0.15) is 6.42 Å². The molecule has 1 fully saturated rings. The maximum absolute atomic E-state index is 11.9. The number of hydrogen-bond donors (Lipinski definition) is 3. The highest BCUT2D eigenvalue weighted by Crippen LogP contribution is 2.24. The van der Waals surface area contributed by atoms with E-state index in [2.05, 4.69) is 26.1 Å².